The van der Waals surface area contributed by atoms with Gasteiger partial charge in [-0.25, -0.2) is 5.43 Å². The molecule has 0 unspecified atom stereocenters. The smallest absolute Gasteiger partial charge is 0.240 e. The van der Waals surface area contributed by atoms with E-state index >= 15 is 0 Å². The number of nitrogens with zero attached hydrogens (tertiary/aromatic N) is 1. The first-order chi connectivity index (χ1) is 13.6. The molecule has 0 aliphatic rings. The van der Waals surface area contributed by atoms with E-state index in [-0.39, 0.29) is 24.7 Å². The van der Waals surface area contributed by atoms with Crippen LogP contribution >= 0.6 is 0 Å². The zero-order valence-electron chi connectivity index (χ0n) is 16.0. The van der Waals surface area contributed by atoms with Crippen LogP contribution in [0.5, 0.6) is 17.2 Å². The first-order valence-corrected chi connectivity index (χ1v) is 8.54. The summed E-state index contributed by atoms with van der Waals surface area (Å²) in [6, 6.07) is 12.3. The van der Waals surface area contributed by atoms with E-state index < -0.39 is 0 Å². The van der Waals surface area contributed by atoms with E-state index in [0.717, 1.165) is 0 Å². The molecule has 2 rings (SSSR count). The highest BCUT2D eigenvalue weighted by Crippen LogP contribution is 2.24. The molecular weight excluding hydrogens is 362 g/mol. The van der Waals surface area contributed by atoms with Crippen molar-refractivity contribution in [2.45, 2.75) is 12.8 Å². The van der Waals surface area contributed by atoms with Gasteiger partial charge in [0, 0.05) is 24.5 Å². The Balaban J connectivity index is 1.82. The van der Waals surface area contributed by atoms with Crippen LogP contribution in [0.15, 0.2) is 47.6 Å². The van der Waals surface area contributed by atoms with Gasteiger partial charge in [0.1, 0.15) is 17.2 Å². The number of carbonyl (C=O) groups is 2. The van der Waals surface area contributed by atoms with Crippen LogP contribution in [0.4, 0.5) is 5.69 Å². The van der Waals surface area contributed by atoms with E-state index in [4.69, 9.17) is 14.2 Å². The fraction of sp³-hybridized carbons (Fsp3) is 0.250. The van der Waals surface area contributed by atoms with Crippen molar-refractivity contribution in [3.8, 4) is 17.2 Å². The summed E-state index contributed by atoms with van der Waals surface area (Å²) in [6.45, 7) is 0. The highest BCUT2D eigenvalue weighted by molar-refractivity contribution is 5.94. The maximum atomic E-state index is 12.0. The first kappa shape index (κ1) is 20.8. The molecule has 0 saturated heterocycles. The molecule has 2 aromatic carbocycles. The van der Waals surface area contributed by atoms with Gasteiger partial charge in [-0.3, -0.25) is 9.59 Å². The number of nitrogens with one attached hydrogen (secondary N) is 2. The van der Waals surface area contributed by atoms with Gasteiger partial charge in [-0.05, 0) is 24.3 Å². The fourth-order valence-corrected chi connectivity index (χ4v) is 2.34. The highest BCUT2D eigenvalue weighted by Gasteiger charge is 2.09. The average Bonchev–Trinajstić information content (AvgIpc) is 2.72. The van der Waals surface area contributed by atoms with Crippen molar-refractivity contribution < 1.29 is 23.8 Å². The largest absolute Gasteiger partial charge is 0.497 e. The van der Waals surface area contributed by atoms with Crippen molar-refractivity contribution in [1.82, 2.24) is 5.43 Å². The summed E-state index contributed by atoms with van der Waals surface area (Å²) in [5, 5.41) is 6.61. The Hall–Kier alpha value is -3.55. The predicted molar refractivity (Wildman–Crippen MR) is 106 cm³/mol. The monoisotopic (exact) mass is 385 g/mol. The van der Waals surface area contributed by atoms with Gasteiger partial charge in [0.15, 0.2) is 0 Å². The lowest BCUT2D eigenvalue weighted by atomic mass is 10.2. The van der Waals surface area contributed by atoms with E-state index in [1.54, 1.807) is 49.6 Å². The number of hydrogen-bond acceptors (Lipinski definition) is 6. The van der Waals surface area contributed by atoms with Gasteiger partial charge in [0.25, 0.3) is 0 Å². The molecule has 28 heavy (non-hydrogen) atoms. The Bertz CT molecular complexity index is 851. The lowest BCUT2D eigenvalue weighted by molar-refractivity contribution is -0.124. The van der Waals surface area contributed by atoms with Crippen LogP contribution < -0.4 is 25.0 Å². The molecule has 8 heteroatoms. The molecule has 0 fully saturated rings. The number of anilines is 1. The number of ether oxygens (including phenoxy) is 3. The number of hydrazone groups is 1. The average molecular weight is 385 g/mol. The molecule has 2 N–H and O–H groups in total. The van der Waals surface area contributed by atoms with Gasteiger partial charge in [-0.15, -0.1) is 0 Å². The Morgan fingerprint density at radius 2 is 1.64 bits per heavy atom. The second-order valence-corrected chi connectivity index (χ2v) is 5.65. The van der Waals surface area contributed by atoms with Crippen molar-refractivity contribution in [1.29, 1.82) is 0 Å². The predicted octanol–water partition coefficient (Wildman–Crippen LogP) is 2.58. The summed E-state index contributed by atoms with van der Waals surface area (Å²) in [5.41, 5.74) is 3.63. The van der Waals surface area contributed by atoms with Gasteiger partial charge in [0.2, 0.25) is 11.8 Å². The molecule has 0 aliphatic carbocycles. The molecule has 0 radical (unpaired) electrons. The van der Waals surface area contributed by atoms with E-state index in [0.29, 0.717) is 28.5 Å². The number of benzene rings is 2. The number of amides is 2. The zero-order valence-corrected chi connectivity index (χ0v) is 16.0. The van der Waals surface area contributed by atoms with Crippen molar-refractivity contribution in [2.24, 2.45) is 5.10 Å². The topological polar surface area (TPSA) is 98.2 Å². The minimum absolute atomic E-state index is 0.00191. The van der Waals surface area contributed by atoms with Crippen LogP contribution in [0.2, 0.25) is 0 Å². The lowest BCUT2D eigenvalue weighted by Gasteiger charge is -2.09. The van der Waals surface area contributed by atoms with E-state index in [9.17, 15) is 9.59 Å². The van der Waals surface area contributed by atoms with Gasteiger partial charge in [-0.1, -0.05) is 12.1 Å². The standard InChI is InChI=1S/C20H23N3O5/c1-26-15-9-8-14(18(12-15)28-3)13-21-23-20(25)11-10-19(24)22-16-6-4-5-7-17(16)27-2/h4-9,12-13H,10-11H2,1-3H3,(H,22,24)(H,23,25). The zero-order chi connectivity index (χ0) is 20.4. The van der Waals surface area contributed by atoms with Crippen LogP contribution in [-0.2, 0) is 9.59 Å². The molecule has 0 heterocycles. The van der Waals surface area contributed by atoms with Crippen LogP contribution in [0.25, 0.3) is 0 Å². The number of rotatable bonds is 9. The molecule has 0 saturated carbocycles. The third-order valence-corrected chi connectivity index (χ3v) is 3.79. The molecule has 0 aliphatic heterocycles. The van der Waals surface area contributed by atoms with Gasteiger partial charge < -0.3 is 19.5 Å². The van der Waals surface area contributed by atoms with Gasteiger partial charge in [-0.2, -0.15) is 5.10 Å². The summed E-state index contributed by atoms with van der Waals surface area (Å²) in [6.07, 6.45) is 1.48. The van der Waals surface area contributed by atoms with Gasteiger partial charge >= 0.3 is 0 Å². The summed E-state index contributed by atoms with van der Waals surface area (Å²) >= 11 is 0. The molecule has 0 bridgehead atoms. The minimum atomic E-state index is -0.376. The maximum Gasteiger partial charge on any atom is 0.240 e. The highest BCUT2D eigenvalue weighted by atomic mass is 16.5. The molecule has 0 atom stereocenters. The van der Waals surface area contributed by atoms with Crippen LogP contribution in [0.1, 0.15) is 18.4 Å². The van der Waals surface area contributed by atoms with Crippen molar-refractivity contribution >= 4 is 23.7 Å². The normalized spacial score (nSPS) is 10.4. The third kappa shape index (κ3) is 6.01. The minimum Gasteiger partial charge on any atom is -0.497 e. The number of para-hydroxylation sites is 2. The quantitative estimate of drug-likeness (QED) is 0.511. The van der Waals surface area contributed by atoms with E-state index in [1.165, 1.54) is 20.4 Å². The molecule has 8 nitrogen and oxygen atoms in total. The van der Waals surface area contributed by atoms with E-state index in [1.807, 2.05) is 0 Å². The number of carbonyl (C=O) groups excluding carboxylic acids is 2. The summed E-state index contributed by atoms with van der Waals surface area (Å²) in [5.74, 6) is 1.10. The molecule has 0 aromatic heterocycles. The summed E-state index contributed by atoms with van der Waals surface area (Å²) in [7, 11) is 4.62. The van der Waals surface area contributed by atoms with Crippen LogP contribution in [-0.4, -0.2) is 39.4 Å². The van der Waals surface area contributed by atoms with Crippen molar-refractivity contribution in [3.63, 3.8) is 0 Å². The van der Waals surface area contributed by atoms with Crippen LogP contribution in [0, 0.1) is 0 Å². The maximum absolute atomic E-state index is 12.0. The second kappa shape index (κ2) is 10.6. The molecule has 148 valence electrons. The Labute approximate surface area is 163 Å². The summed E-state index contributed by atoms with van der Waals surface area (Å²) < 4.78 is 15.5. The SMILES string of the molecule is COc1ccc(C=NNC(=O)CCC(=O)Nc2ccccc2OC)c(OC)c1. The summed E-state index contributed by atoms with van der Waals surface area (Å²) in [4.78, 5) is 23.9. The molecule has 2 amide bonds. The molecule has 2 aromatic rings. The Kier molecular flexibility index (Phi) is 7.83. The van der Waals surface area contributed by atoms with Crippen molar-refractivity contribution in [2.75, 3.05) is 26.6 Å². The first-order valence-electron chi connectivity index (χ1n) is 8.54. The van der Waals surface area contributed by atoms with Crippen LogP contribution in [0.3, 0.4) is 0 Å². The third-order valence-electron chi connectivity index (χ3n) is 3.79. The molecular formula is C20H23N3O5. The number of hydrogen-bond donors (Lipinski definition) is 2. The van der Waals surface area contributed by atoms with Gasteiger partial charge in [0.05, 0.1) is 33.2 Å². The Morgan fingerprint density at radius 1 is 0.929 bits per heavy atom. The lowest BCUT2D eigenvalue weighted by Crippen LogP contribution is -2.20. The Morgan fingerprint density at radius 3 is 2.36 bits per heavy atom. The van der Waals surface area contributed by atoms with E-state index in [2.05, 4.69) is 15.8 Å². The number of methoxy groups -OCH3 is 3. The fourth-order valence-electron chi connectivity index (χ4n) is 2.34. The van der Waals surface area contributed by atoms with Crippen molar-refractivity contribution in [3.05, 3.63) is 48.0 Å². The second-order valence-electron chi connectivity index (χ2n) is 5.65. The molecule has 0 spiro atoms.